The first-order chi connectivity index (χ1) is 8.37. The predicted octanol–water partition coefficient (Wildman–Crippen LogP) is 0.271. The maximum Gasteiger partial charge on any atom is 0.208 e. The molecule has 1 aromatic rings. The van der Waals surface area contributed by atoms with Crippen LogP contribution in [-0.4, -0.2) is 33.7 Å². The third kappa shape index (κ3) is 6.21. The minimum Gasteiger partial charge on any atom is -0.370 e. The molecule has 0 unspecified atom stereocenters. The van der Waals surface area contributed by atoms with E-state index in [4.69, 9.17) is 5.73 Å². The molecule has 0 aromatic heterocycles. The average Bonchev–Trinajstić information content (AvgIpc) is 2.26. The van der Waals surface area contributed by atoms with Gasteiger partial charge in [-0.25, -0.2) is 13.1 Å². The molecule has 4 N–H and O–H groups in total. The molecule has 0 heterocycles. The number of aryl methyl sites for hydroxylation is 1. The van der Waals surface area contributed by atoms with Crippen LogP contribution >= 0.6 is 0 Å². The zero-order chi connectivity index (χ0) is 13.6. The highest BCUT2D eigenvalue weighted by Crippen LogP contribution is 2.07. The number of nitrogens with zero attached hydrogens (tertiary/aromatic N) is 1. The third-order valence-electron chi connectivity index (χ3n) is 2.08. The van der Waals surface area contributed by atoms with Gasteiger partial charge in [-0.15, -0.1) is 0 Å². The molecule has 0 spiro atoms. The molecule has 0 aliphatic rings. The zero-order valence-corrected chi connectivity index (χ0v) is 11.3. The Morgan fingerprint density at radius 2 is 1.94 bits per heavy atom. The molecule has 0 atom stereocenters. The molecule has 0 saturated heterocycles. The number of guanidine groups is 1. The van der Waals surface area contributed by atoms with Crippen LogP contribution in [-0.2, 0) is 10.0 Å². The van der Waals surface area contributed by atoms with Gasteiger partial charge in [0.05, 0.1) is 12.8 Å². The Morgan fingerprint density at radius 3 is 2.50 bits per heavy atom. The molecule has 6 nitrogen and oxygen atoms in total. The lowest BCUT2D eigenvalue weighted by Crippen LogP contribution is -2.27. The van der Waals surface area contributed by atoms with Crippen LogP contribution in [0.2, 0.25) is 0 Å². The minimum absolute atomic E-state index is 0.231. The summed E-state index contributed by atoms with van der Waals surface area (Å²) >= 11 is 0. The van der Waals surface area contributed by atoms with E-state index in [0.29, 0.717) is 0 Å². The van der Waals surface area contributed by atoms with E-state index in [-0.39, 0.29) is 19.0 Å². The number of hydrogen-bond acceptors (Lipinski definition) is 3. The molecule has 0 saturated carbocycles. The summed E-state index contributed by atoms with van der Waals surface area (Å²) in [5.41, 5.74) is 7.66. The second kappa shape index (κ2) is 6.36. The first-order valence-corrected chi connectivity index (χ1v) is 7.34. The smallest absolute Gasteiger partial charge is 0.208 e. The van der Waals surface area contributed by atoms with Crippen molar-refractivity contribution in [2.75, 3.05) is 24.7 Å². The van der Waals surface area contributed by atoms with E-state index in [1.165, 1.54) is 0 Å². The van der Waals surface area contributed by atoms with Crippen molar-refractivity contribution >= 4 is 21.7 Å². The number of nitrogens with two attached hydrogens (primary N) is 1. The van der Waals surface area contributed by atoms with Crippen molar-refractivity contribution in [1.29, 1.82) is 0 Å². The second-order valence-electron chi connectivity index (χ2n) is 3.92. The maximum absolute atomic E-state index is 10.8. The SMILES string of the molecule is Cc1ccc(NC(N)=NCCNS(C)(=O)=O)cc1. The standard InChI is InChI=1S/C11H18N4O2S/c1-9-3-5-10(6-4-9)15-11(12)13-7-8-14-18(2,16)17/h3-6,14H,7-8H2,1-2H3,(H3,12,13,15). The van der Waals surface area contributed by atoms with Gasteiger partial charge < -0.3 is 11.1 Å². The predicted molar refractivity (Wildman–Crippen MR) is 74.1 cm³/mol. The van der Waals surface area contributed by atoms with Crippen LogP contribution in [0.25, 0.3) is 0 Å². The summed E-state index contributed by atoms with van der Waals surface area (Å²) < 4.78 is 23.9. The van der Waals surface area contributed by atoms with Crippen molar-refractivity contribution in [2.45, 2.75) is 6.92 Å². The molecule has 1 aromatic carbocycles. The molecule has 18 heavy (non-hydrogen) atoms. The molecule has 0 amide bonds. The summed E-state index contributed by atoms with van der Waals surface area (Å²) in [6.45, 7) is 2.52. The Hall–Kier alpha value is -1.60. The van der Waals surface area contributed by atoms with E-state index in [1.807, 2.05) is 31.2 Å². The van der Waals surface area contributed by atoms with Crippen LogP contribution < -0.4 is 15.8 Å². The van der Waals surface area contributed by atoms with Crippen molar-refractivity contribution in [3.05, 3.63) is 29.8 Å². The van der Waals surface area contributed by atoms with Gasteiger partial charge in [-0.05, 0) is 19.1 Å². The highest BCUT2D eigenvalue weighted by molar-refractivity contribution is 7.88. The Morgan fingerprint density at radius 1 is 1.33 bits per heavy atom. The Kier molecular flexibility index (Phi) is 5.11. The fraction of sp³-hybridized carbons (Fsp3) is 0.364. The van der Waals surface area contributed by atoms with Crippen LogP contribution in [0.15, 0.2) is 29.3 Å². The summed E-state index contributed by atoms with van der Waals surface area (Å²) in [4.78, 5) is 4.00. The van der Waals surface area contributed by atoms with Crippen molar-refractivity contribution in [3.8, 4) is 0 Å². The summed E-state index contributed by atoms with van der Waals surface area (Å²) in [6, 6.07) is 7.71. The van der Waals surface area contributed by atoms with Crippen LogP contribution in [0.5, 0.6) is 0 Å². The summed E-state index contributed by atoms with van der Waals surface area (Å²) in [7, 11) is -3.17. The number of benzene rings is 1. The number of rotatable bonds is 5. The first-order valence-electron chi connectivity index (χ1n) is 5.45. The lowest BCUT2D eigenvalue weighted by molar-refractivity contribution is 0.588. The van der Waals surface area contributed by atoms with Gasteiger partial charge in [-0.1, -0.05) is 17.7 Å². The van der Waals surface area contributed by atoms with Gasteiger partial charge in [0.1, 0.15) is 0 Å². The molecule has 7 heteroatoms. The van der Waals surface area contributed by atoms with Crippen molar-refractivity contribution in [1.82, 2.24) is 4.72 Å². The van der Waals surface area contributed by atoms with Crippen LogP contribution in [0, 0.1) is 6.92 Å². The molecule has 0 bridgehead atoms. The molecule has 100 valence electrons. The van der Waals surface area contributed by atoms with Gasteiger partial charge in [0.2, 0.25) is 10.0 Å². The lowest BCUT2D eigenvalue weighted by Gasteiger charge is -2.06. The molecule has 1 rings (SSSR count). The van der Waals surface area contributed by atoms with Gasteiger partial charge in [0.25, 0.3) is 0 Å². The van der Waals surface area contributed by atoms with E-state index in [9.17, 15) is 8.42 Å². The number of anilines is 1. The number of sulfonamides is 1. The molecule has 0 fully saturated rings. The van der Waals surface area contributed by atoms with E-state index in [1.54, 1.807) is 0 Å². The molecule has 0 radical (unpaired) electrons. The Balaban J connectivity index is 2.40. The van der Waals surface area contributed by atoms with Gasteiger partial charge in [-0.3, -0.25) is 4.99 Å². The maximum atomic E-state index is 10.8. The first kappa shape index (κ1) is 14.5. The average molecular weight is 270 g/mol. The quantitative estimate of drug-likeness (QED) is 0.406. The second-order valence-corrected chi connectivity index (χ2v) is 5.76. The topological polar surface area (TPSA) is 96.6 Å². The van der Waals surface area contributed by atoms with Crippen molar-refractivity contribution < 1.29 is 8.42 Å². The van der Waals surface area contributed by atoms with Crippen molar-refractivity contribution in [3.63, 3.8) is 0 Å². The van der Waals surface area contributed by atoms with E-state index in [0.717, 1.165) is 17.5 Å². The summed E-state index contributed by atoms with van der Waals surface area (Å²) in [5, 5.41) is 2.92. The van der Waals surface area contributed by atoms with Gasteiger partial charge in [0.15, 0.2) is 5.96 Å². The van der Waals surface area contributed by atoms with Gasteiger partial charge >= 0.3 is 0 Å². The Labute approximate surface area is 107 Å². The summed E-state index contributed by atoms with van der Waals surface area (Å²) in [5.74, 6) is 0.258. The van der Waals surface area contributed by atoms with Crippen molar-refractivity contribution in [2.24, 2.45) is 10.7 Å². The molecular weight excluding hydrogens is 252 g/mol. The van der Waals surface area contributed by atoms with E-state index >= 15 is 0 Å². The third-order valence-corrected chi connectivity index (χ3v) is 2.81. The Bertz CT molecular complexity index is 508. The molecule has 0 aliphatic heterocycles. The van der Waals surface area contributed by atoms with Gasteiger partial charge in [-0.2, -0.15) is 0 Å². The van der Waals surface area contributed by atoms with E-state index in [2.05, 4.69) is 15.0 Å². The molecule has 0 aliphatic carbocycles. The number of aliphatic imine (C=N–C) groups is 1. The fourth-order valence-electron chi connectivity index (χ4n) is 1.23. The van der Waals surface area contributed by atoms with Gasteiger partial charge in [0, 0.05) is 12.2 Å². The van der Waals surface area contributed by atoms with Crippen LogP contribution in [0.4, 0.5) is 5.69 Å². The lowest BCUT2D eigenvalue weighted by atomic mass is 10.2. The van der Waals surface area contributed by atoms with Crippen LogP contribution in [0.3, 0.4) is 0 Å². The zero-order valence-electron chi connectivity index (χ0n) is 10.5. The monoisotopic (exact) mass is 270 g/mol. The summed E-state index contributed by atoms with van der Waals surface area (Å²) in [6.07, 6.45) is 1.10. The fourth-order valence-corrected chi connectivity index (χ4v) is 1.69. The number of hydrogen-bond donors (Lipinski definition) is 3. The highest BCUT2D eigenvalue weighted by atomic mass is 32.2. The van der Waals surface area contributed by atoms with Crippen LogP contribution in [0.1, 0.15) is 5.56 Å². The number of nitrogens with one attached hydrogen (secondary N) is 2. The van der Waals surface area contributed by atoms with E-state index < -0.39 is 10.0 Å². The largest absolute Gasteiger partial charge is 0.370 e. The molecular formula is C11H18N4O2S. The minimum atomic E-state index is -3.17. The normalized spacial score (nSPS) is 12.4. The highest BCUT2D eigenvalue weighted by Gasteiger charge is 1.98.